The summed E-state index contributed by atoms with van der Waals surface area (Å²) < 4.78 is 2.16. The van der Waals surface area contributed by atoms with E-state index in [-0.39, 0.29) is 12.6 Å². The van der Waals surface area contributed by atoms with Crippen LogP contribution in [0.15, 0.2) is 18.5 Å². The second kappa shape index (κ2) is 6.71. The molecule has 1 unspecified atom stereocenters. The van der Waals surface area contributed by atoms with Crippen molar-refractivity contribution in [2.45, 2.75) is 46.3 Å². The molecule has 1 rings (SSSR count). The zero-order valence-electron chi connectivity index (χ0n) is 10.6. The third-order valence-corrected chi connectivity index (χ3v) is 2.75. The van der Waals surface area contributed by atoms with Crippen LogP contribution in [-0.4, -0.2) is 22.3 Å². The van der Waals surface area contributed by atoms with Gasteiger partial charge in [-0.05, 0) is 30.9 Å². The molecule has 0 aliphatic carbocycles. The van der Waals surface area contributed by atoms with Gasteiger partial charge < -0.3 is 15.0 Å². The molecule has 2 N–H and O–H groups in total. The number of aliphatic hydroxyl groups excluding tert-OH is 1. The van der Waals surface area contributed by atoms with Crippen LogP contribution < -0.4 is 5.32 Å². The Morgan fingerprint density at radius 3 is 2.69 bits per heavy atom. The predicted octanol–water partition coefficient (Wildman–Crippen LogP) is 2.00. The molecule has 1 aromatic heterocycles. The second-order valence-electron chi connectivity index (χ2n) is 4.74. The fraction of sp³-hybridized carbons (Fsp3) is 0.692. The van der Waals surface area contributed by atoms with Crippen molar-refractivity contribution in [3.05, 3.63) is 24.0 Å². The Morgan fingerprint density at radius 1 is 1.44 bits per heavy atom. The van der Waals surface area contributed by atoms with Crippen molar-refractivity contribution in [3.8, 4) is 0 Å². The van der Waals surface area contributed by atoms with E-state index in [1.54, 1.807) is 0 Å². The Bertz CT molecular complexity index is 294. The Balaban J connectivity index is 2.36. The molecule has 0 radical (unpaired) electrons. The van der Waals surface area contributed by atoms with Gasteiger partial charge in [0.05, 0.1) is 6.61 Å². The summed E-state index contributed by atoms with van der Waals surface area (Å²) in [7, 11) is 0. The average Bonchev–Trinajstić information content (AvgIpc) is 2.71. The van der Waals surface area contributed by atoms with Gasteiger partial charge in [0.2, 0.25) is 0 Å². The van der Waals surface area contributed by atoms with Crippen LogP contribution in [0.3, 0.4) is 0 Å². The second-order valence-corrected chi connectivity index (χ2v) is 4.74. The van der Waals surface area contributed by atoms with Crippen molar-refractivity contribution < 1.29 is 5.11 Å². The summed E-state index contributed by atoms with van der Waals surface area (Å²) in [5.74, 6) is 0.616. The van der Waals surface area contributed by atoms with E-state index in [2.05, 4.69) is 49.1 Å². The molecule has 92 valence electrons. The Labute approximate surface area is 98.5 Å². The van der Waals surface area contributed by atoms with Gasteiger partial charge in [-0.25, -0.2) is 0 Å². The first-order chi connectivity index (χ1) is 7.65. The molecule has 0 aliphatic rings. The topological polar surface area (TPSA) is 37.2 Å². The molecule has 1 atom stereocenters. The van der Waals surface area contributed by atoms with Crippen LogP contribution in [0.25, 0.3) is 0 Å². The van der Waals surface area contributed by atoms with Crippen LogP contribution in [0.1, 0.15) is 32.8 Å². The first-order valence-electron chi connectivity index (χ1n) is 6.14. The number of aryl methyl sites for hydroxylation is 1. The lowest BCUT2D eigenvalue weighted by molar-refractivity contribution is 0.223. The highest BCUT2D eigenvalue weighted by molar-refractivity contribution is 5.09. The van der Waals surface area contributed by atoms with E-state index < -0.39 is 0 Å². The molecule has 0 spiro atoms. The van der Waals surface area contributed by atoms with Crippen LogP contribution in [0, 0.1) is 5.92 Å². The van der Waals surface area contributed by atoms with Crippen molar-refractivity contribution in [2.75, 3.05) is 6.61 Å². The van der Waals surface area contributed by atoms with Gasteiger partial charge in [-0.3, -0.25) is 0 Å². The molecule has 16 heavy (non-hydrogen) atoms. The van der Waals surface area contributed by atoms with Crippen molar-refractivity contribution in [2.24, 2.45) is 5.92 Å². The number of aromatic nitrogens is 1. The van der Waals surface area contributed by atoms with E-state index in [1.807, 2.05) is 0 Å². The minimum absolute atomic E-state index is 0.213. The Hall–Kier alpha value is -0.800. The molecule has 1 heterocycles. The fourth-order valence-corrected chi connectivity index (χ4v) is 1.85. The van der Waals surface area contributed by atoms with Gasteiger partial charge >= 0.3 is 0 Å². The third-order valence-electron chi connectivity index (χ3n) is 2.75. The van der Waals surface area contributed by atoms with E-state index >= 15 is 0 Å². The largest absolute Gasteiger partial charge is 0.395 e. The maximum Gasteiger partial charge on any atom is 0.0584 e. The first-order valence-corrected chi connectivity index (χ1v) is 6.14. The molecule has 0 aromatic carbocycles. The first kappa shape index (κ1) is 13.3. The molecule has 0 saturated carbocycles. The zero-order chi connectivity index (χ0) is 12.0. The molecule has 0 fully saturated rings. The van der Waals surface area contributed by atoms with Crippen molar-refractivity contribution in [1.29, 1.82) is 0 Å². The molecular formula is C13H24N2O. The van der Waals surface area contributed by atoms with Gasteiger partial charge in [0.25, 0.3) is 0 Å². The van der Waals surface area contributed by atoms with E-state index in [0.717, 1.165) is 19.5 Å². The molecular weight excluding hydrogens is 200 g/mol. The number of nitrogens with zero attached hydrogens (tertiary/aromatic N) is 1. The molecule has 0 bridgehead atoms. The smallest absolute Gasteiger partial charge is 0.0584 e. The van der Waals surface area contributed by atoms with Crippen molar-refractivity contribution in [1.82, 2.24) is 9.88 Å². The lowest BCUT2D eigenvalue weighted by Crippen LogP contribution is -2.33. The highest BCUT2D eigenvalue weighted by Crippen LogP contribution is 2.06. The maximum absolute atomic E-state index is 9.24. The molecule has 1 aromatic rings. The molecule has 0 aliphatic heterocycles. The van der Waals surface area contributed by atoms with Gasteiger partial charge in [-0.15, -0.1) is 0 Å². The number of aliphatic hydroxyl groups is 1. The van der Waals surface area contributed by atoms with Crippen LogP contribution in [0.4, 0.5) is 0 Å². The minimum atomic E-state index is 0.213. The van der Waals surface area contributed by atoms with Crippen molar-refractivity contribution in [3.63, 3.8) is 0 Å². The van der Waals surface area contributed by atoms with Crippen LogP contribution in [0.2, 0.25) is 0 Å². The number of hydrogen-bond donors (Lipinski definition) is 2. The summed E-state index contributed by atoms with van der Waals surface area (Å²) in [4.78, 5) is 0. The lowest BCUT2D eigenvalue weighted by Gasteiger charge is -2.17. The summed E-state index contributed by atoms with van der Waals surface area (Å²) in [6, 6.07) is 2.34. The highest BCUT2D eigenvalue weighted by Gasteiger charge is 2.09. The monoisotopic (exact) mass is 224 g/mol. The third kappa shape index (κ3) is 4.37. The van der Waals surface area contributed by atoms with Crippen LogP contribution in [-0.2, 0) is 13.1 Å². The minimum Gasteiger partial charge on any atom is -0.395 e. The fourth-order valence-electron chi connectivity index (χ4n) is 1.85. The van der Waals surface area contributed by atoms with Crippen LogP contribution in [0.5, 0.6) is 0 Å². The van der Waals surface area contributed by atoms with E-state index in [0.29, 0.717) is 5.92 Å². The van der Waals surface area contributed by atoms with Gasteiger partial charge in [0, 0.05) is 31.5 Å². The number of nitrogens with one attached hydrogen (secondary N) is 1. The number of rotatable bonds is 7. The molecule has 0 saturated heterocycles. The lowest BCUT2D eigenvalue weighted by atomic mass is 10.0. The summed E-state index contributed by atoms with van der Waals surface area (Å²) in [6.07, 6.45) is 5.26. The summed E-state index contributed by atoms with van der Waals surface area (Å²) in [5.41, 5.74) is 1.28. The molecule has 0 amide bonds. The SMILES string of the molecule is CCn1ccc(CNC(CO)CC(C)C)c1. The van der Waals surface area contributed by atoms with E-state index in [1.165, 1.54) is 5.56 Å². The normalized spacial score (nSPS) is 13.3. The zero-order valence-corrected chi connectivity index (χ0v) is 10.6. The molecule has 3 nitrogen and oxygen atoms in total. The number of hydrogen-bond acceptors (Lipinski definition) is 2. The molecule has 3 heteroatoms. The Morgan fingerprint density at radius 2 is 2.19 bits per heavy atom. The summed E-state index contributed by atoms with van der Waals surface area (Å²) in [6.45, 7) is 8.55. The summed E-state index contributed by atoms with van der Waals surface area (Å²) in [5, 5.41) is 12.6. The average molecular weight is 224 g/mol. The standard InChI is InChI=1S/C13H24N2O/c1-4-15-6-5-12(9-15)8-14-13(10-16)7-11(2)3/h5-6,9,11,13-14,16H,4,7-8,10H2,1-3H3. The van der Waals surface area contributed by atoms with E-state index in [4.69, 9.17) is 0 Å². The van der Waals surface area contributed by atoms with Crippen LogP contribution >= 0.6 is 0 Å². The highest BCUT2D eigenvalue weighted by atomic mass is 16.3. The van der Waals surface area contributed by atoms with E-state index in [9.17, 15) is 5.11 Å². The summed E-state index contributed by atoms with van der Waals surface area (Å²) >= 11 is 0. The van der Waals surface area contributed by atoms with Gasteiger partial charge in [0.15, 0.2) is 0 Å². The van der Waals surface area contributed by atoms with Gasteiger partial charge in [-0.2, -0.15) is 0 Å². The quantitative estimate of drug-likeness (QED) is 0.743. The van der Waals surface area contributed by atoms with Gasteiger partial charge in [0.1, 0.15) is 0 Å². The Kier molecular flexibility index (Phi) is 5.56. The van der Waals surface area contributed by atoms with Gasteiger partial charge in [-0.1, -0.05) is 13.8 Å². The van der Waals surface area contributed by atoms with Crippen molar-refractivity contribution >= 4 is 0 Å². The maximum atomic E-state index is 9.24. The predicted molar refractivity (Wildman–Crippen MR) is 67.3 cm³/mol.